The van der Waals surface area contributed by atoms with Crippen LogP contribution in [-0.2, 0) is 54.6 Å². The van der Waals surface area contributed by atoms with Gasteiger partial charge in [-0.1, -0.05) is 180 Å². The summed E-state index contributed by atoms with van der Waals surface area (Å²) >= 11 is 4.05. The molecule has 6 heteroatoms. The predicted octanol–water partition coefficient (Wildman–Crippen LogP) is 35.4. The van der Waals surface area contributed by atoms with Crippen molar-refractivity contribution >= 4 is 22.8 Å². The van der Waals surface area contributed by atoms with Gasteiger partial charge in [-0.3, -0.25) is 0 Å². The number of nitrogens with zero attached hydrogens (tertiary/aromatic N) is 4. The number of aryl methyl sites for hydroxylation is 4. The SMILES string of the molecule is CCCCCCCCCCCC[CH2][Ni][CH2]CCCCCCCCCCCC.CCCCCCCC[CH2][Ni][CH2]CCCCCCCC.CCCCCCCCc1ccc(C2=CC=C(c3cccc(CCCCC)c3)[N+]2=[N-])cc1.CCCCCCCCc1ccc(C2=CC=C(c3cccc(CCCCC)c3)[N+]2=[N-])cc1. The Balaban J connectivity index is 0.000000380. The minimum atomic E-state index is 0.845. The van der Waals surface area contributed by atoms with Crippen molar-refractivity contribution < 1.29 is 38.3 Å². The first-order valence-corrected chi connectivity index (χ1v) is 49.2. The van der Waals surface area contributed by atoms with Crippen LogP contribution in [0.4, 0.5) is 0 Å². The van der Waals surface area contributed by atoms with E-state index in [0.29, 0.717) is 0 Å². The van der Waals surface area contributed by atoms with Crippen molar-refractivity contribution in [1.82, 2.24) is 0 Å². The van der Waals surface area contributed by atoms with Crippen LogP contribution in [0, 0.1) is 0 Å². The van der Waals surface area contributed by atoms with Gasteiger partial charge >= 0.3 is 295 Å². The summed E-state index contributed by atoms with van der Waals surface area (Å²) in [7, 11) is 0. The second-order valence-corrected chi connectivity index (χ2v) is 34.8. The average molecular weight is 1570 g/mol. The average Bonchev–Trinajstić information content (AvgIpc) is 1.66. The van der Waals surface area contributed by atoms with E-state index in [0.717, 1.165) is 70.7 Å². The van der Waals surface area contributed by atoms with Crippen molar-refractivity contribution in [3.05, 3.63) is 177 Å². The van der Waals surface area contributed by atoms with Crippen molar-refractivity contribution in [2.24, 2.45) is 0 Å². The van der Waals surface area contributed by atoms with Gasteiger partial charge in [0.2, 0.25) is 22.8 Å². The van der Waals surface area contributed by atoms with E-state index in [9.17, 15) is 11.1 Å². The second-order valence-electron chi connectivity index (χ2n) is 31.8. The molecule has 0 N–H and O–H groups in total. The minimum Gasteiger partial charge on any atom is -0.493 e. The van der Waals surface area contributed by atoms with Crippen LogP contribution in [0.5, 0.6) is 0 Å². The summed E-state index contributed by atoms with van der Waals surface area (Å²) in [4.78, 5) is 0. The van der Waals surface area contributed by atoms with Crippen LogP contribution in [0.1, 0.15) is 447 Å². The van der Waals surface area contributed by atoms with Crippen LogP contribution < -0.4 is 0 Å². The maximum absolute atomic E-state index is 10.9. The smallest absolute Gasteiger partial charge is 0.207 e. The summed E-state index contributed by atoms with van der Waals surface area (Å²) < 4.78 is 2.68. The van der Waals surface area contributed by atoms with Gasteiger partial charge in [-0.25, -0.2) is 9.39 Å². The number of unbranched alkanes of at least 4 members (excludes halogenated alkanes) is 46. The largest absolute Gasteiger partial charge is 0.493 e. The third kappa shape index (κ3) is 50.2. The number of rotatable bonds is 66. The molecule has 2 aliphatic rings. The van der Waals surface area contributed by atoms with Crippen LogP contribution in [-0.4, -0.2) is 9.39 Å². The summed E-state index contributed by atoms with van der Waals surface area (Å²) in [5, 5.41) is 5.72. The van der Waals surface area contributed by atoms with Crippen molar-refractivity contribution in [3.63, 3.8) is 0 Å². The van der Waals surface area contributed by atoms with Gasteiger partial charge in [0.05, 0.1) is 0 Å². The topological polar surface area (TPSA) is 50.6 Å². The van der Waals surface area contributed by atoms with Gasteiger partial charge in [-0.15, -0.1) is 0 Å². The second kappa shape index (κ2) is 72.0. The molecule has 0 bridgehead atoms. The van der Waals surface area contributed by atoms with Gasteiger partial charge in [-0.2, -0.15) is 0 Å². The molecule has 0 radical (unpaired) electrons. The van der Waals surface area contributed by atoms with Gasteiger partial charge < -0.3 is 11.1 Å². The van der Waals surface area contributed by atoms with Gasteiger partial charge in [0.15, 0.2) is 0 Å². The summed E-state index contributed by atoms with van der Waals surface area (Å²) in [5.74, 6) is 0. The zero-order chi connectivity index (χ0) is 77.5. The standard InChI is InChI=1S/2C29H38N2.2C13H27.2C9H19.2Ni/c2*1-3-5-7-8-9-11-13-24-17-19-26(20-18-24)28-21-22-29(31(28)30)27-16-12-15-25(23-27)14-10-6-4-2;2*1-3-5-7-9-11-13-12-10-8-6-4-2;2*1-3-5-7-9-8-6-4-2;;/h2*12,15-23H,3-11,13-14H2,1-2H3;2*1,3-13H2,2H3;2*1,3-9H2,2H3;;. The van der Waals surface area contributed by atoms with Crippen LogP contribution in [0.25, 0.3) is 33.9 Å². The molecule has 616 valence electrons. The summed E-state index contributed by atoms with van der Waals surface area (Å²) in [6, 6.07) is 34.6. The summed E-state index contributed by atoms with van der Waals surface area (Å²) in [6.07, 6.45) is 88.5. The molecule has 0 saturated carbocycles. The Morgan fingerprint density at radius 1 is 0.204 bits per heavy atom. The van der Waals surface area contributed by atoms with E-state index in [4.69, 9.17) is 0 Å². The van der Waals surface area contributed by atoms with E-state index in [1.54, 1.807) is 0 Å². The first-order chi connectivity index (χ1) is 53.3. The van der Waals surface area contributed by atoms with Crippen molar-refractivity contribution in [1.29, 1.82) is 0 Å². The molecule has 6 rings (SSSR count). The van der Waals surface area contributed by atoms with Gasteiger partial charge in [0.25, 0.3) is 0 Å². The van der Waals surface area contributed by atoms with Crippen LogP contribution >= 0.6 is 0 Å². The normalized spacial score (nSPS) is 12.6. The molecular weight excluding hydrogens is 1400 g/mol. The maximum atomic E-state index is 10.9. The minimum absolute atomic E-state index is 0.845. The van der Waals surface area contributed by atoms with Crippen molar-refractivity contribution in [2.45, 2.75) is 449 Å². The Labute approximate surface area is 682 Å². The number of hydrogen-bond acceptors (Lipinski definition) is 0. The quantitative estimate of drug-likeness (QED) is 0.0240. The van der Waals surface area contributed by atoms with E-state index < -0.39 is 0 Å². The first-order valence-electron chi connectivity index (χ1n) is 46.4. The Morgan fingerprint density at radius 2 is 0.398 bits per heavy atom. The van der Waals surface area contributed by atoms with Crippen LogP contribution in [0.3, 0.4) is 0 Å². The molecule has 0 atom stereocenters. The molecule has 2 heterocycles. The van der Waals surface area contributed by atoms with E-state index in [2.05, 4.69) is 152 Å². The molecule has 4 aromatic rings. The van der Waals surface area contributed by atoms with E-state index in [1.165, 1.54) is 400 Å². The molecule has 0 unspecified atom stereocenters. The fourth-order valence-electron chi connectivity index (χ4n) is 14.6. The number of benzene rings is 4. The summed E-state index contributed by atoms with van der Waals surface area (Å²) in [5.41, 5.74) is 34.8. The Bertz CT molecular complexity index is 2680. The molecule has 2 aliphatic heterocycles. The molecule has 0 saturated heterocycles. The molecular formula is C102H168N4Ni2. The Kier molecular flexibility index (Phi) is 65.5. The zero-order valence-corrected chi connectivity index (χ0v) is 73.8. The Hall–Kier alpha value is -3.97. The molecule has 0 aliphatic carbocycles. The molecule has 0 spiro atoms. The molecule has 0 amide bonds. The van der Waals surface area contributed by atoms with Gasteiger partial charge in [-0.05, 0) is 122 Å². The third-order valence-electron chi connectivity index (χ3n) is 21.7. The van der Waals surface area contributed by atoms with E-state index in [-0.39, 0.29) is 0 Å². The molecule has 0 fully saturated rings. The predicted molar refractivity (Wildman–Crippen MR) is 474 cm³/mol. The monoisotopic (exact) mass is 1570 g/mol. The molecule has 4 nitrogen and oxygen atoms in total. The van der Waals surface area contributed by atoms with E-state index in [1.807, 2.05) is 53.2 Å². The third-order valence-corrected chi connectivity index (χ3v) is 24.5. The maximum Gasteiger partial charge on any atom is 0.207 e. The van der Waals surface area contributed by atoms with Crippen LogP contribution in [0.2, 0.25) is 21.6 Å². The molecule has 0 aromatic heterocycles. The van der Waals surface area contributed by atoms with Gasteiger partial charge in [0, 0.05) is 46.6 Å². The fourth-order valence-corrected chi connectivity index (χ4v) is 17.1. The molecule has 4 aromatic carbocycles. The first kappa shape index (κ1) is 98.2. The number of allylic oxidation sites excluding steroid dienone is 4. The Morgan fingerprint density at radius 3 is 0.648 bits per heavy atom. The van der Waals surface area contributed by atoms with Crippen LogP contribution in [0.15, 0.2) is 121 Å². The number of hydrogen-bond donors (Lipinski definition) is 0. The summed E-state index contributed by atoms with van der Waals surface area (Å²) in [6.45, 7) is 18.2. The van der Waals surface area contributed by atoms with Crippen molar-refractivity contribution in [2.75, 3.05) is 0 Å². The van der Waals surface area contributed by atoms with Gasteiger partial charge in [0.1, 0.15) is 0 Å². The zero-order valence-electron chi connectivity index (χ0n) is 71.8. The fraction of sp³-hybridized carbons (Fsp3) is 0.686. The molecule has 108 heavy (non-hydrogen) atoms. The van der Waals surface area contributed by atoms with Crippen molar-refractivity contribution in [3.8, 4) is 0 Å². The van der Waals surface area contributed by atoms with E-state index >= 15 is 0 Å².